The number of unbranched alkanes of at least 4 members (excludes halogenated alkanes) is 1. The third kappa shape index (κ3) is 4.58. The summed E-state index contributed by atoms with van der Waals surface area (Å²) in [5, 5.41) is 0.223. The van der Waals surface area contributed by atoms with Crippen molar-refractivity contribution in [2.75, 3.05) is 11.1 Å². The molecule has 88 valence electrons. The smallest absolute Gasteiger partial charge is 0.321 e. The van der Waals surface area contributed by atoms with Gasteiger partial charge in [0.1, 0.15) is 11.1 Å². The van der Waals surface area contributed by atoms with E-state index in [1.165, 1.54) is 12.8 Å². The van der Waals surface area contributed by atoms with Crippen molar-refractivity contribution in [2.24, 2.45) is 0 Å². The average Bonchev–Trinajstić information content (AvgIpc) is 2.31. The van der Waals surface area contributed by atoms with E-state index in [4.69, 9.17) is 4.74 Å². The number of hydrogen-bond donors (Lipinski definition) is 0. The van der Waals surface area contributed by atoms with E-state index in [9.17, 15) is 4.79 Å². The quantitative estimate of drug-likeness (QED) is 0.262. The molecule has 0 aliphatic heterocycles. The normalized spacial score (nSPS) is 10.1. The monoisotopic (exact) mass is 302 g/mol. The molecule has 0 saturated heterocycles. The van der Waals surface area contributed by atoms with Gasteiger partial charge in [-0.15, -0.1) is 11.8 Å². The lowest BCUT2D eigenvalue weighted by Crippen LogP contribution is -2.09. The fourth-order valence-electron chi connectivity index (χ4n) is 1.13. The van der Waals surface area contributed by atoms with E-state index in [0.717, 1.165) is 10.6 Å². The molecule has 0 spiro atoms. The molecule has 1 aromatic rings. The lowest BCUT2D eigenvalue weighted by Gasteiger charge is -2.08. The van der Waals surface area contributed by atoms with Crippen LogP contribution in [0.1, 0.15) is 19.8 Å². The Bertz CT molecular complexity index is 342. The van der Waals surface area contributed by atoms with Crippen LogP contribution in [0.5, 0.6) is 5.75 Å². The Labute approximate surface area is 109 Å². The summed E-state index contributed by atoms with van der Waals surface area (Å²) in [7, 11) is 0. The number of carbonyl (C=O) groups is 1. The molecule has 0 aromatic heterocycles. The Morgan fingerprint density at radius 2 is 2.19 bits per heavy atom. The molecule has 2 nitrogen and oxygen atoms in total. The van der Waals surface area contributed by atoms with Crippen molar-refractivity contribution in [3.05, 3.63) is 24.3 Å². The summed E-state index contributed by atoms with van der Waals surface area (Å²) in [4.78, 5) is 12.2. The van der Waals surface area contributed by atoms with Gasteiger partial charge in [0.2, 0.25) is 0 Å². The Hall–Kier alpha value is -0.480. The molecule has 0 saturated carbocycles. The predicted octanol–water partition coefficient (Wildman–Crippen LogP) is 3.88. The predicted molar refractivity (Wildman–Crippen MR) is 71.5 cm³/mol. The molecule has 0 fully saturated rings. The zero-order chi connectivity index (χ0) is 11.8. The standard InChI is InChI=1S/C12H15BrO2S/c1-2-3-8-16-11-7-5-4-6-10(11)15-12(14)9-13/h4-7H,2-3,8-9H2,1H3. The molecule has 0 bridgehead atoms. The third-order valence-electron chi connectivity index (χ3n) is 1.94. The number of carbonyl (C=O) groups excluding carboxylic acids is 1. The molecule has 0 amide bonds. The summed E-state index contributed by atoms with van der Waals surface area (Å²) in [6, 6.07) is 7.65. The maximum absolute atomic E-state index is 11.2. The minimum absolute atomic E-state index is 0.223. The fourth-order valence-corrected chi connectivity index (χ4v) is 2.32. The zero-order valence-corrected chi connectivity index (χ0v) is 11.6. The van der Waals surface area contributed by atoms with Crippen molar-refractivity contribution in [3.63, 3.8) is 0 Å². The number of halogens is 1. The Balaban J connectivity index is 2.63. The van der Waals surface area contributed by atoms with Crippen molar-refractivity contribution in [1.29, 1.82) is 0 Å². The first-order valence-corrected chi connectivity index (χ1v) is 7.37. The molecular formula is C12H15BrO2S. The second kappa shape index (κ2) is 7.74. The van der Waals surface area contributed by atoms with Gasteiger partial charge >= 0.3 is 5.97 Å². The van der Waals surface area contributed by atoms with Gasteiger partial charge in [0.25, 0.3) is 0 Å². The van der Waals surface area contributed by atoms with Gasteiger partial charge < -0.3 is 4.74 Å². The number of para-hydroxylation sites is 1. The van der Waals surface area contributed by atoms with Crippen molar-refractivity contribution in [1.82, 2.24) is 0 Å². The highest BCUT2D eigenvalue weighted by Gasteiger charge is 2.07. The number of esters is 1. The lowest BCUT2D eigenvalue weighted by atomic mass is 10.3. The SMILES string of the molecule is CCCCSc1ccccc1OC(=O)CBr. The Kier molecular flexibility index (Phi) is 6.57. The van der Waals surface area contributed by atoms with E-state index in [0.29, 0.717) is 5.75 Å². The average molecular weight is 303 g/mol. The van der Waals surface area contributed by atoms with Gasteiger partial charge in [0.05, 0.1) is 4.90 Å². The number of rotatable bonds is 6. The minimum atomic E-state index is -0.261. The van der Waals surface area contributed by atoms with Crippen molar-refractivity contribution in [3.8, 4) is 5.75 Å². The number of thioether (sulfide) groups is 1. The maximum Gasteiger partial charge on any atom is 0.321 e. The summed E-state index contributed by atoms with van der Waals surface area (Å²) >= 11 is 4.81. The summed E-state index contributed by atoms with van der Waals surface area (Å²) in [5.74, 6) is 1.45. The van der Waals surface area contributed by atoms with E-state index in [-0.39, 0.29) is 11.3 Å². The first-order valence-electron chi connectivity index (χ1n) is 5.26. The first kappa shape index (κ1) is 13.6. The van der Waals surface area contributed by atoms with Gasteiger partial charge in [-0.3, -0.25) is 4.79 Å². The summed E-state index contributed by atoms with van der Waals surface area (Å²) in [6.45, 7) is 2.16. The molecule has 0 aliphatic rings. The van der Waals surface area contributed by atoms with Crippen molar-refractivity contribution < 1.29 is 9.53 Å². The van der Waals surface area contributed by atoms with Gasteiger partial charge in [-0.1, -0.05) is 41.4 Å². The molecule has 16 heavy (non-hydrogen) atoms. The van der Waals surface area contributed by atoms with Crippen molar-refractivity contribution in [2.45, 2.75) is 24.7 Å². The van der Waals surface area contributed by atoms with Crippen LogP contribution in [0.15, 0.2) is 29.2 Å². The van der Waals surface area contributed by atoms with Crippen LogP contribution >= 0.6 is 27.7 Å². The Morgan fingerprint density at radius 1 is 1.44 bits per heavy atom. The van der Waals surface area contributed by atoms with E-state index in [1.807, 2.05) is 24.3 Å². The highest BCUT2D eigenvalue weighted by Crippen LogP contribution is 2.29. The lowest BCUT2D eigenvalue weighted by molar-refractivity contribution is -0.131. The van der Waals surface area contributed by atoms with Crippen LogP contribution in [0.25, 0.3) is 0 Å². The molecule has 0 radical (unpaired) electrons. The molecule has 1 rings (SSSR count). The number of ether oxygens (including phenoxy) is 1. The maximum atomic E-state index is 11.2. The second-order valence-electron chi connectivity index (χ2n) is 3.26. The van der Waals surface area contributed by atoms with Crippen LogP contribution in [-0.2, 0) is 4.79 Å². The summed E-state index contributed by atoms with van der Waals surface area (Å²) in [6.07, 6.45) is 2.35. The second-order valence-corrected chi connectivity index (χ2v) is 4.95. The van der Waals surface area contributed by atoms with Crippen LogP contribution in [0, 0.1) is 0 Å². The fraction of sp³-hybridized carbons (Fsp3) is 0.417. The Morgan fingerprint density at radius 3 is 2.88 bits per heavy atom. The number of alkyl halides is 1. The largest absolute Gasteiger partial charge is 0.425 e. The van der Waals surface area contributed by atoms with Gasteiger partial charge in [-0.25, -0.2) is 0 Å². The van der Waals surface area contributed by atoms with E-state index >= 15 is 0 Å². The summed E-state index contributed by atoms with van der Waals surface area (Å²) in [5.41, 5.74) is 0. The molecular weight excluding hydrogens is 288 g/mol. The van der Waals surface area contributed by atoms with E-state index in [1.54, 1.807) is 11.8 Å². The van der Waals surface area contributed by atoms with Crippen LogP contribution in [0.3, 0.4) is 0 Å². The molecule has 0 N–H and O–H groups in total. The highest BCUT2D eigenvalue weighted by atomic mass is 79.9. The zero-order valence-electron chi connectivity index (χ0n) is 9.24. The molecule has 1 aromatic carbocycles. The molecule has 0 heterocycles. The molecule has 0 unspecified atom stereocenters. The van der Waals surface area contributed by atoms with Gasteiger partial charge in [-0.05, 0) is 24.3 Å². The molecule has 0 aliphatic carbocycles. The van der Waals surface area contributed by atoms with Gasteiger partial charge in [0, 0.05) is 0 Å². The van der Waals surface area contributed by atoms with Gasteiger partial charge in [-0.2, -0.15) is 0 Å². The van der Waals surface area contributed by atoms with Crippen molar-refractivity contribution >= 4 is 33.7 Å². The van der Waals surface area contributed by atoms with Crippen LogP contribution in [0.4, 0.5) is 0 Å². The van der Waals surface area contributed by atoms with Gasteiger partial charge in [0.15, 0.2) is 0 Å². The van der Waals surface area contributed by atoms with Crippen LogP contribution < -0.4 is 4.74 Å². The highest BCUT2D eigenvalue weighted by molar-refractivity contribution is 9.09. The number of hydrogen-bond acceptors (Lipinski definition) is 3. The molecule has 4 heteroatoms. The molecule has 0 atom stereocenters. The summed E-state index contributed by atoms with van der Waals surface area (Å²) < 4.78 is 5.22. The number of benzene rings is 1. The van der Waals surface area contributed by atoms with Crippen LogP contribution in [0.2, 0.25) is 0 Å². The van der Waals surface area contributed by atoms with Crippen LogP contribution in [-0.4, -0.2) is 17.1 Å². The van der Waals surface area contributed by atoms with E-state index < -0.39 is 0 Å². The minimum Gasteiger partial charge on any atom is -0.425 e. The topological polar surface area (TPSA) is 26.3 Å². The third-order valence-corrected chi connectivity index (χ3v) is 3.54. The first-order chi connectivity index (χ1) is 7.77. The van der Waals surface area contributed by atoms with E-state index in [2.05, 4.69) is 22.9 Å².